The van der Waals surface area contributed by atoms with Gasteiger partial charge in [-0.15, -0.1) is 0 Å². The molecular formula is C20H18N4O4. The Labute approximate surface area is 158 Å². The monoisotopic (exact) mass is 378 g/mol. The van der Waals surface area contributed by atoms with Crippen LogP contribution in [0.3, 0.4) is 0 Å². The Morgan fingerprint density at radius 3 is 2.21 bits per heavy atom. The van der Waals surface area contributed by atoms with Crippen LogP contribution in [0, 0.1) is 0 Å². The van der Waals surface area contributed by atoms with E-state index in [1.807, 2.05) is 18.2 Å². The van der Waals surface area contributed by atoms with Crippen molar-refractivity contribution < 1.29 is 20.4 Å². The van der Waals surface area contributed by atoms with Gasteiger partial charge in [0, 0.05) is 34.5 Å². The average molecular weight is 378 g/mol. The Balaban J connectivity index is 1.91. The van der Waals surface area contributed by atoms with Crippen molar-refractivity contribution >= 4 is 22.1 Å². The third kappa shape index (κ3) is 2.66. The van der Waals surface area contributed by atoms with Crippen molar-refractivity contribution in [2.75, 3.05) is 0 Å². The van der Waals surface area contributed by atoms with Crippen molar-refractivity contribution in [1.82, 2.24) is 19.9 Å². The van der Waals surface area contributed by atoms with Gasteiger partial charge in [0.25, 0.3) is 0 Å². The molecule has 28 heavy (non-hydrogen) atoms. The molecule has 0 aliphatic carbocycles. The lowest BCUT2D eigenvalue weighted by Gasteiger charge is -2.01. The van der Waals surface area contributed by atoms with Gasteiger partial charge in [0.15, 0.2) is 17.2 Å². The number of fused-ring (bicyclic) bond motifs is 8. The van der Waals surface area contributed by atoms with Crippen LogP contribution >= 0.6 is 0 Å². The van der Waals surface area contributed by atoms with Gasteiger partial charge >= 0.3 is 0 Å². The van der Waals surface area contributed by atoms with E-state index < -0.39 is 17.6 Å². The third-order valence-corrected chi connectivity index (χ3v) is 5.05. The van der Waals surface area contributed by atoms with Gasteiger partial charge in [-0.1, -0.05) is 0 Å². The smallest absolute Gasteiger partial charge is 0.187 e. The number of H-pyrrole nitrogens is 2. The van der Waals surface area contributed by atoms with E-state index in [9.17, 15) is 20.4 Å². The number of aromatic nitrogens is 4. The zero-order valence-electron chi connectivity index (χ0n) is 14.8. The minimum atomic E-state index is -1.02. The molecule has 1 unspecified atom stereocenters. The maximum Gasteiger partial charge on any atom is 0.187 e. The Kier molecular flexibility index (Phi) is 3.56. The van der Waals surface area contributed by atoms with Crippen LogP contribution < -0.4 is 0 Å². The standard InChI is InChI=1S/C20H18N4O4/c25-15-8-13-6-11-2-1-9(21-11)5-10-3-4-12(22-10)7-14-18(26)20(28)17(24-14)19(27)16(15)23-13/h1-2,5-7,15,21,24-28H,3-4,8H2. The molecule has 3 aromatic rings. The maximum atomic E-state index is 10.6. The van der Waals surface area contributed by atoms with E-state index >= 15 is 0 Å². The summed E-state index contributed by atoms with van der Waals surface area (Å²) in [7, 11) is 0. The van der Waals surface area contributed by atoms with Crippen molar-refractivity contribution in [2.24, 2.45) is 0 Å². The molecule has 142 valence electrons. The summed E-state index contributed by atoms with van der Waals surface area (Å²) in [4.78, 5) is 15.0. The second-order valence-electron chi connectivity index (χ2n) is 7.06. The Morgan fingerprint density at radius 1 is 0.786 bits per heavy atom. The molecule has 0 radical (unpaired) electrons. The molecule has 0 amide bonds. The number of nitrogens with zero attached hydrogens (tertiary/aromatic N) is 2. The highest BCUT2D eigenvalue weighted by Gasteiger charge is 2.24. The van der Waals surface area contributed by atoms with Crippen LogP contribution in [0.4, 0.5) is 0 Å². The van der Waals surface area contributed by atoms with Crippen molar-refractivity contribution in [3.8, 4) is 17.2 Å². The Morgan fingerprint density at radius 2 is 1.46 bits per heavy atom. The predicted molar refractivity (Wildman–Crippen MR) is 102 cm³/mol. The van der Waals surface area contributed by atoms with E-state index in [1.165, 1.54) is 0 Å². The summed E-state index contributed by atoms with van der Waals surface area (Å²) in [6.07, 6.45) is 0.669. The van der Waals surface area contributed by atoms with E-state index in [1.54, 1.807) is 12.1 Å². The first-order valence-corrected chi connectivity index (χ1v) is 8.97. The fraction of sp³-hybridized carbons (Fsp3) is 0.200. The molecule has 0 spiro atoms. The maximum absolute atomic E-state index is 10.6. The number of nitrogens with one attached hydrogen (secondary N) is 2. The number of hydrogen-bond donors (Lipinski definition) is 6. The van der Waals surface area contributed by atoms with Gasteiger partial charge in [-0.25, -0.2) is 0 Å². The number of aromatic amines is 2. The minimum absolute atomic E-state index is 0.0358. The van der Waals surface area contributed by atoms with Crippen LogP contribution in [0.1, 0.15) is 28.9 Å². The van der Waals surface area contributed by atoms with Crippen LogP contribution in [-0.2, 0) is 19.3 Å². The highest BCUT2D eigenvalue weighted by atomic mass is 16.3. The van der Waals surface area contributed by atoms with E-state index in [0.29, 0.717) is 12.1 Å². The highest BCUT2D eigenvalue weighted by molar-refractivity contribution is 5.83. The number of hydrogen-bond acceptors (Lipinski definition) is 6. The molecule has 5 rings (SSSR count). The number of aryl methyl sites for hydroxylation is 2. The molecule has 8 nitrogen and oxygen atoms in total. The molecule has 5 heterocycles. The zero-order chi connectivity index (χ0) is 19.4. The molecule has 6 N–H and O–H groups in total. The quantitative estimate of drug-likeness (QED) is 0.355. The average Bonchev–Trinajstić information content (AvgIpc) is 3.42. The second-order valence-corrected chi connectivity index (χ2v) is 7.06. The molecule has 8 heteroatoms. The van der Waals surface area contributed by atoms with Gasteiger partial charge < -0.3 is 30.4 Å². The van der Waals surface area contributed by atoms with Crippen molar-refractivity contribution in [2.45, 2.75) is 25.4 Å². The van der Waals surface area contributed by atoms with Gasteiger partial charge in [0.05, 0.1) is 5.52 Å². The molecule has 2 aliphatic heterocycles. The summed E-state index contributed by atoms with van der Waals surface area (Å²) in [6.45, 7) is 0. The number of aromatic hydroxyl groups is 3. The summed E-state index contributed by atoms with van der Waals surface area (Å²) in [5.74, 6) is -1.29. The molecule has 0 saturated heterocycles. The minimum Gasteiger partial charge on any atom is -0.504 e. The van der Waals surface area contributed by atoms with Crippen molar-refractivity contribution in [3.05, 3.63) is 53.1 Å². The van der Waals surface area contributed by atoms with Gasteiger partial charge in [0.1, 0.15) is 17.3 Å². The summed E-state index contributed by atoms with van der Waals surface area (Å²) in [5.41, 5.74) is 4.14. The first-order valence-electron chi connectivity index (χ1n) is 8.97. The molecular weight excluding hydrogens is 360 g/mol. The van der Waals surface area contributed by atoms with Crippen LogP contribution in [0.15, 0.2) is 30.3 Å². The van der Waals surface area contributed by atoms with E-state index in [0.717, 1.165) is 28.8 Å². The molecule has 0 aromatic carbocycles. The lowest BCUT2D eigenvalue weighted by molar-refractivity contribution is 0.180. The van der Waals surface area contributed by atoms with E-state index in [-0.39, 0.29) is 28.9 Å². The van der Waals surface area contributed by atoms with Gasteiger partial charge in [0.2, 0.25) is 0 Å². The number of aliphatic hydroxyl groups excluding tert-OH is 1. The molecule has 2 aliphatic rings. The Bertz CT molecular complexity index is 1260. The first kappa shape index (κ1) is 16.6. The predicted octanol–water partition coefficient (Wildman–Crippen LogP) is 2.49. The summed E-state index contributed by atoms with van der Waals surface area (Å²) in [5, 5.41) is 41.4. The summed E-state index contributed by atoms with van der Waals surface area (Å²) in [6, 6.07) is 9.25. The zero-order valence-corrected chi connectivity index (χ0v) is 14.8. The molecule has 1 atom stereocenters. The van der Waals surface area contributed by atoms with Gasteiger partial charge in [-0.05, 0) is 43.2 Å². The molecule has 0 saturated carbocycles. The fourth-order valence-electron chi connectivity index (χ4n) is 3.66. The lowest BCUT2D eigenvalue weighted by Crippen LogP contribution is -1.93. The van der Waals surface area contributed by atoms with Crippen molar-refractivity contribution in [1.29, 1.82) is 0 Å². The normalized spacial score (nSPS) is 16.4. The third-order valence-electron chi connectivity index (χ3n) is 5.05. The largest absolute Gasteiger partial charge is 0.504 e. The molecule has 0 fully saturated rings. The van der Waals surface area contributed by atoms with Crippen LogP contribution in [0.5, 0.6) is 17.2 Å². The molecule has 3 aromatic heterocycles. The van der Waals surface area contributed by atoms with Crippen LogP contribution in [0.2, 0.25) is 0 Å². The summed E-state index contributed by atoms with van der Waals surface area (Å²) >= 11 is 0. The molecule has 8 bridgehead atoms. The highest BCUT2D eigenvalue weighted by Crippen LogP contribution is 2.41. The van der Waals surface area contributed by atoms with Gasteiger partial charge in [-0.3, -0.25) is 9.97 Å². The number of aliphatic hydroxyl groups is 1. The van der Waals surface area contributed by atoms with Crippen LogP contribution in [-0.4, -0.2) is 40.4 Å². The van der Waals surface area contributed by atoms with E-state index in [4.69, 9.17) is 0 Å². The van der Waals surface area contributed by atoms with Gasteiger partial charge in [-0.2, -0.15) is 0 Å². The second kappa shape index (κ2) is 6.00. The van der Waals surface area contributed by atoms with Crippen molar-refractivity contribution in [3.63, 3.8) is 0 Å². The Hall–Kier alpha value is -3.52. The summed E-state index contributed by atoms with van der Waals surface area (Å²) < 4.78 is 0. The number of rotatable bonds is 0. The van der Waals surface area contributed by atoms with E-state index in [2.05, 4.69) is 19.9 Å². The topological polar surface area (TPSA) is 138 Å². The fourth-order valence-corrected chi connectivity index (χ4v) is 3.66. The lowest BCUT2D eigenvalue weighted by atomic mass is 10.2. The van der Waals surface area contributed by atoms with Crippen LogP contribution in [0.25, 0.3) is 22.1 Å². The first-order chi connectivity index (χ1) is 13.5. The SMILES string of the molecule is Oc1c(O)c2[nH]c1cc1nc(cc3ccc(cc4nc(c2O)C(O)C4)[nH]3)CC1.